The third-order valence-corrected chi connectivity index (χ3v) is 7.89. The molecular weight excluding hydrogens is 502 g/mol. The molecule has 40 heavy (non-hydrogen) atoms. The van der Waals surface area contributed by atoms with E-state index in [1.807, 2.05) is 43.5 Å². The second kappa shape index (κ2) is 10.3. The number of hydrogen-bond acceptors (Lipinski definition) is 7. The number of primary amides is 1. The molecule has 0 aliphatic heterocycles. The van der Waals surface area contributed by atoms with Crippen LogP contribution in [-0.4, -0.2) is 39.5 Å². The van der Waals surface area contributed by atoms with Crippen LogP contribution >= 0.6 is 0 Å². The van der Waals surface area contributed by atoms with Gasteiger partial charge < -0.3 is 15.8 Å². The number of carbonyl (C=O) groups is 1. The van der Waals surface area contributed by atoms with Crippen molar-refractivity contribution in [2.75, 3.05) is 19.0 Å². The first-order valence-corrected chi connectivity index (χ1v) is 13.5. The first kappa shape index (κ1) is 27.1. The lowest BCUT2D eigenvalue weighted by atomic mass is 9.72. The Kier molecular flexibility index (Phi) is 6.96. The number of rotatable bonds is 8. The second-order valence-corrected chi connectivity index (χ2v) is 11.7. The van der Waals surface area contributed by atoms with Crippen molar-refractivity contribution in [2.24, 2.45) is 11.7 Å². The summed E-state index contributed by atoms with van der Waals surface area (Å²) < 4.78 is 7.62. The summed E-state index contributed by atoms with van der Waals surface area (Å²) in [5.41, 5.74) is 9.41. The highest BCUT2D eigenvalue weighted by Gasteiger charge is 2.44. The molecule has 2 aliphatic rings. The van der Waals surface area contributed by atoms with Crippen molar-refractivity contribution in [3.63, 3.8) is 0 Å². The zero-order chi connectivity index (χ0) is 28.7. The fraction of sp³-hybridized carbons (Fsp3) is 0.387. The predicted octanol–water partition coefficient (Wildman–Crippen LogP) is 4.85. The van der Waals surface area contributed by atoms with E-state index in [-0.39, 0.29) is 11.8 Å². The van der Waals surface area contributed by atoms with Crippen molar-refractivity contribution >= 4 is 11.7 Å². The second-order valence-electron chi connectivity index (χ2n) is 11.7. The Balaban J connectivity index is 1.66. The number of carbonyl (C=O) groups excluding carboxylic acids is 1. The van der Waals surface area contributed by atoms with Crippen LogP contribution in [0.25, 0.3) is 11.3 Å². The number of amides is 1. The Labute approximate surface area is 234 Å². The van der Waals surface area contributed by atoms with Gasteiger partial charge in [-0.25, -0.2) is 9.67 Å². The number of nitrogens with one attached hydrogen (secondary N) is 1. The number of nitrogens with zero attached hydrogens (tertiary/aromatic N) is 5. The van der Waals surface area contributed by atoms with E-state index >= 15 is 0 Å². The van der Waals surface area contributed by atoms with Crippen LogP contribution in [0.5, 0.6) is 5.75 Å². The smallest absolute Gasteiger partial charge is 0.244 e. The summed E-state index contributed by atoms with van der Waals surface area (Å²) in [6, 6.07) is 10.1. The van der Waals surface area contributed by atoms with Gasteiger partial charge in [-0.15, -0.1) is 5.10 Å². The number of pyridine rings is 1. The minimum absolute atomic E-state index is 0.227. The summed E-state index contributed by atoms with van der Waals surface area (Å²) in [7, 11) is 1.55. The summed E-state index contributed by atoms with van der Waals surface area (Å²) in [4.78, 5) is 17.0. The molecular formula is C31H35N7O2. The Morgan fingerprint density at radius 2 is 2.05 bits per heavy atom. The average molecular weight is 538 g/mol. The zero-order valence-electron chi connectivity index (χ0n) is 23.7. The number of hydrogen-bond donors (Lipinski definition) is 2. The fourth-order valence-corrected chi connectivity index (χ4v) is 5.17. The third kappa shape index (κ3) is 4.97. The number of anilines is 1. The summed E-state index contributed by atoms with van der Waals surface area (Å²) in [6.45, 7) is 9.19. The molecule has 3 N–H and O–H groups in total. The molecule has 0 saturated heterocycles. The number of nitriles is 1. The maximum atomic E-state index is 12.5. The lowest BCUT2D eigenvalue weighted by Gasteiger charge is -2.39. The van der Waals surface area contributed by atoms with Gasteiger partial charge in [0.25, 0.3) is 0 Å². The minimum atomic E-state index is -1.01. The van der Waals surface area contributed by atoms with Crippen LogP contribution in [-0.2, 0) is 15.7 Å². The highest BCUT2D eigenvalue weighted by atomic mass is 16.5. The zero-order valence-corrected chi connectivity index (χ0v) is 23.7. The topological polar surface area (TPSA) is 132 Å². The molecule has 206 valence electrons. The van der Waals surface area contributed by atoms with Crippen LogP contribution in [0, 0.1) is 17.2 Å². The first-order valence-electron chi connectivity index (χ1n) is 13.5. The van der Waals surface area contributed by atoms with Crippen LogP contribution < -0.4 is 15.8 Å². The Hall–Kier alpha value is -4.45. The molecule has 1 aromatic carbocycles. The lowest BCUT2D eigenvalue weighted by molar-refractivity contribution is -0.114. The molecule has 2 aromatic heterocycles. The predicted molar refractivity (Wildman–Crippen MR) is 154 cm³/mol. The lowest BCUT2D eigenvalue weighted by Crippen LogP contribution is -2.41. The maximum absolute atomic E-state index is 12.5. The molecule has 1 fully saturated rings. The van der Waals surface area contributed by atoms with Crippen LogP contribution in [0.1, 0.15) is 63.6 Å². The molecule has 0 spiro atoms. The third-order valence-electron chi connectivity index (χ3n) is 7.89. The van der Waals surface area contributed by atoms with Crippen molar-refractivity contribution in [3.8, 4) is 23.1 Å². The number of allylic oxidation sites excluding steroid dienone is 3. The van der Waals surface area contributed by atoms with Crippen molar-refractivity contribution in [1.29, 1.82) is 5.26 Å². The monoisotopic (exact) mass is 537 g/mol. The molecule has 1 atom stereocenters. The molecule has 0 radical (unpaired) electrons. The Morgan fingerprint density at radius 3 is 2.65 bits per heavy atom. The van der Waals surface area contributed by atoms with E-state index in [1.54, 1.807) is 24.1 Å². The molecule has 1 unspecified atom stereocenters. The molecule has 3 aromatic rings. The van der Waals surface area contributed by atoms with Gasteiger partial charge in [-0.05, 0) is 66.5 Å². The largest absolute Gasteiger partial charge is 0.495 e. The van der Waals surface area contributed by atoms with Gasteiger partial charge >= 0.3 is 0 Å². The van der Waals surface area contributed by atoms with E-state index in [9.17, 15) is 10.1 Å². The normalized spacial score (nSPS) is 18.9. The average Bonchev–Trinajstić information content (AvgIpc) is 3.64. The summed E-state index contributed by atoms with van der Waals surface area (Å²) in [6.07, 6.45) is 10.0. The Bertz CT molecular complexity index is 1550. The van der Waals surface area contributed by atoms with Gasteiger partial charge in [0.2, 0.25) is 5.91 Å². The van der Waals surface area contributed by atoms with Crippen molar-refractivity contribution in [1.82, 2.24) is 20.0 Å². The number of aromatic nitrogens is 4. The van der Waals surface area contributed by atoms with Gasteiger partial charge in [0, 0.05) is 35.9 Å². The van der Waals surface area contributed by atoms with Crippen LogP contribution in [0.3, 0.4) is 0 Å². The van der Waals surface area contributed by atoms with E-state index in [2.05, 4.69) is 47.5 Å². The molecule has 9 nitrogen and oxygen atoms in total. The molecule has 2 aliphatic carbocycles. The highest BCUT2D eigenvalue weighted by molar-refractivity contribution is 5.93. The molecule has 1 saturated carbocycles. The minimum Gasteiger partial charge on any atom is -0.495 e. The van der Waals surface area contributed by atoms with E-state index in [4.69, 9.17) is 10.5 Å². The van der Waals surface area contributed by atoms with Gasteiger partial charge in [0.05, 0.1) is 18.9 Å². The van der Waals surface area contributed by atoms with Crippen molar-refractivity contribution in [3.05, 3.63) is 76.6 Å². The number of benzene rings is 1. The van der Waals surface area contributed by atoms with E-state index in [0.29, 0.717) is 28.1 Å². The summed E-state index contributed by atoms with van der Waals surface area (Å²) in [5.74, 6) is 1.49. The van der Waals surface area contributed by atoms with Gasteiger partial charge in [-0.2, -0.15) is 5.26 Å². The van der Waals surface area contributed by atoms with Crippen LogP contribution in [0.4, 0.5) is 5.82 Å². The number of ether oxygens (including phenoxy) is 1. The molecule has 9 heteroatoms. The van der Waals surface area contributed by atoms with E-state index < -0.39 is 11.4 Å². The first-order chi connectivity index (χ1) is 19.1. The number of nitrogens with two attached hydrogens (primary N) is 1. The maximum Gasteiger partial charge on any atom is 0.244 e. The van der Waals surface area contributed by atoms with Gasteiger partial charge in [-0.1, -0.05) is 38.1 Å². The standard InChI is InChI=1S/C31H35N7O2/c1-19-6-9-21(29(33)39)14-31(19,25-13-24(30(2,3)4)12-23(15-32)28(25)40-5)38-18-26(36-37-38)22-10-11-27(35-17-22)34-16-20-7-8-20/h6,9-13,17-18,20H,7-8,14,16H2,1-5H3,(H2,33,39)(H,34,35). The van der Waals surface area contributed by atoms with Crippen molar-refractivity contribution in [2.45, 2.75) is 57.9 Å². The van der Waals surface area contributed by atoms with Gasteiger partial charge in [0.1, 0.15) is 28.9 Å². The molecule has 2 heterocycles. The number of methoxy groups -OCH3 is 1. The highest BCUT2D eigenvalue weighted by Crippen LogP contribution is 2.48. The molecule has 0 bridgehead atoms. The van der Waals surface area contributed by atoms with Gasteiger partial charge in [-0.3, -0.25) is 4.79 Å². The summed E-state index contributed by atoms with van der Waals surface area (Å²) >= 11 is 0. The van der Waals surface area contributed by atoms with Gasteiger partial charge in [0.15, 0.2) is 0 Å². The quantitative estimate of drug-likeness (QED) is 0.420. The summed E-state index contributed by atoms with van der Waals surface area (Å²) in [5, 5.41) is 22.6. The van der Waals surface area contributed by atoms with Crippen molar-refractivity contribution < 1.29 is 9.53 Å². The molecule has 1 amide bonds. The van der Waals surface area contributed by atoms with E-state index in [1.165, 1.54) is 12.8 Å². The molecule has 5 rings (SSSR count). The van der Waals surface area contributed by atoms with Crippen LogP contribution in [0.15, 0.2) is 60.0 Å². The fourth-order valence-electron chi connectivity index (χ4n) is 5.17. The Morgan fingerprint density at radius 1 is 1.27 bits per heavy atom. The van der Waals surface area contributed by atoms with Crippen LogP contribution in [0.2, 0.25) is 0 Å². The SMILES string of the molecule is COc1c(C#N)cc(C(C)(C)C)cc1C1(n2cc(-c3ccc(NCC4CC4)nc3)nn2)CC(C(N)=O)=CC=C1C. The van der Waals surface area contributed by atoms with E-state index in [0.717, 1.165) is 35.0 Å².